The fourth-order valence-electron chi connectivity index (χ4n) is 3.86. The molecule has 7 nitrogen and oxygen atoms in total. The third-order valence-electron chi connectivity index (χ3n) is 5.60. The van der Waals surface area contributed by atoms with Crippen molar-refractivity contribution in [2.75, 3.05) is 6.54 Å². The second-order valence-corrected chi connectivity index (χ2v) is 10.1. The first kappa shape index (κ1) is 27.3. The van der Waals surface area contributed by atoms with Crippen LogP contribution in [0.1, 0.15) is 92.9 Å². The van der Waals surface area contributed by atoms with Gasteiger partial charge < -0.3 is 15.4 Å². The van der Waals surface area contributed by atoms with Crippen LogP contribution in [-0.4, -0.2) is 47.7 Å². The van der Waals surface area contributed by atoms with Crippen molar-refractivity contribution in [3.05, 3.63) is 0 Å². The van der Waals surface area contributed by atoms with Crippen molar-refractivity contribution in [3.8, 4) is 0 Å². The Hall–Kier alpha value is -1.76. The number of nitrogens with one attached hydrogen (secondary N) is 2. The van der Waals surface area contributed by atoms with E-state index in [2.05, 4.69) is 10.6 Å². The molecule has 0 heterocycles. The van der Waals surface area contributed by atoms with E-state index in [1.807, 2.05) is 13.8 Å². The van der Waals surface area contributed by atoms with E-state index in [0.717, 1.165) is 25.7 Å². The first-order valence-electron chi connectivity index (χ1n) is 11.7. The number of hydrogen-bond acceptors (Lipinski definition) is 6. The molecule has 31 heavy (non-hydrogen) atoms. The maximum atomic E-state index is 12.7. The summed E-state index contributed by atoms with van der Waals surface area (Å²) in [6, 6.07) is -1.17. The molecule has 1 rings (SSSR count). The topological polar surface area (TPSA) is 102 Å². The lowest BCUT2D eigenvalue weighted by Crippen LogP contribution is -2.45. The predicted octanol–water partition coefficient (Wildman–Crippen LogP) is 3.97. The molecule has 1 fully saturated rings. The lowest BCUT2D eigenvalue weighted by molar-refractivity contribution is -0.139. The van der Waals surface area contributed by atoms with Crippen LogP contribution in [0.25, 0.3) is 0 Å². The Morgan fingerprint density at radius 3 is 2.16 bits per heavy atom. The Morgan fingerprint density at radius 1 is 1.00 bits per heavy atom. The van der Waals surface area contributed by atoms with E-state index in [1.54, 1.807) is 27.7 Å². The molecule has 1 saturated carbocycles. The van der Waals surface area contributed by atoms with Crippen molar-refractivity contribution < 1.29 is 23.9 Å². The maximum Gasteiger partial charge on any atom is 0.408 e. The number of rotatable bonds is 12. The third kappa shape index (κ3) is 10.9. The van der Waals surface area contributed by atoms with Crippen molar-refractivity contribution in [3.63, 3.8) is 0 Å². The van der Waals surface area contributed by atoms with E-state index in [9.17, 15) is 19.2 Å². The number of amides is 1. The minimum absolute atomic E-state index is 0.00809. The fraction of sp³-hybridized carbons (Fsp3) is 0.833. The normalized spacial score (nSPS) is 17.1. The molecule has 0 aromatic carbocycles. The number of carbonyl (C=O) groups excluding carboxylic acids is 4. The van der Waals surface area contributed by atoms with Gasteiger partial charge in [-0.1, -0.05) is 46.0 Å². The van der Waals surface area contributed by atoms with Crippen molar-refractivity contribution in [1.82, 2.24) is 10.6 Å². The van der Waals surface area contributed by atoms with Crippen molar-refractivity contribution >= 4 is 23.4 Å². The summed E-state index contributed by atoms with van der Waals surface area (Å²) < 4.78 is 5.16. The summed E-state index contributed by atoms with van der Waals surface area (Å²) in [5.41, 5.74) is -0.621. The highest BCUT2D eigenvalue weighted by molar-refractivity contribution is 6.39. The lowest BCUT2D eigenvalue weighted by Gasteiger charge is -2.24. The molecule has 0 spiro atoms. The van der Waals surface area contributed by atoms with Crippen LogP contribution in [-0.2, 0) is 19.1 Å². The molecule has 0 saturated heterocycles. The molecular formula is C24H42N2O5. The number of ether oxygens (including phenoxy) is 1. The predicted molar refractivity (Wildman–Crippen MR) is 121 cm³/mol. The molecular weight excluding hydrogens is 396 g/mol. The summed E-state index contributed by atoms with van der Waals surface area (Å²) in [7, 11) is 0. The van der Waals surface area contributed by atoms with Crippen molar-refractivity contribution in [1.29, 1.82) is 0 Å². The average molecular weight is 439 g/mol. The SMILES string of the molecule is CC(C)[C@H](NCCCC(=O)[C@@H](C)NC(=O)OC(C)(C)C)C(=O)C(=O)CC1CCCCC1. The van der Waals surface area contributed by atoms with Gasteiger partial charge in [0.15, 0.2) is 11.6 Å². The van der Waals surface area contributed by atoms with Gasteiger partial charge in [-0.3, -0.25) is 14.4 Å². The van der Waals surface area contributed by atoms with Crippen molar-refractivity contribution in [2.24, 2.45) is 11.8 Å². The zero-order chi connectivity index (χ0) is 23.6. The second kappa shape index (κ2) is 12.9. The van der Waals surface area contributed by atoms with E-state index in [0.29, 0.717) is 25.3 Å². The molecule has 0 unspecified atom stereocenters. The van der Waals surface area contributed by atoms with E-state index in [1.165, 1.54) is 6.42 Å². The average Bonchev–Trinajstić information content (AvgIpc) is 2.66. The van der Waals surface area contributed by atoms with Gasteiger partial charge in [0.1, 0.15) is 5.60 Å². The molecule has 178 valence electrons. The van der Waals surface area contributed by atoms with Crippen LogP contribution in [0.2, 0.25) is 0 Å². The quantitative estimate of drug-likeness (QED) is 0.353. The number of carbonyl (C=O) groups is 4. The molecule has 0 bridgehead atoms. The summed E-state index contributed by atoms with van der Waals surface area (Å²) in [5.74, 6) is -0.384. The van der Waals surface area contributed by atoms with E-state index in [4.69, 9.17) is 4.74 Å². The number of ketones is 3. The van der Waals surface area contributed by atoms with Crippen LogP contribution < -0.4 is 10.6 Å². The number of alkyl carbamates (subject to hydrolysis) is 1. The molecule has 0 aromatic rings. The Morgan fingerprint density at radius 2 is 1.61 bits per heavy atom. The monoisotopic (exact) mass is 438 g/mol. The highest BCUT2D eigenvalue weighted by atomic mass is 16.6. The summed E-state index contributed by atoms with van der Waals surface area (Å²) in [6.45, 7) is 11.2. The minimum Gasteiger partial charge on any atom is -0.444 e. The van der Waals surface area contributed by atoms with Crippen LogP contribution in [0.3, 0.4) is 0 Å². The molecule has 2 N–H and O–H groups in total. The van der Waals surface area contributed by atoms with E-state index >= 15 is 0 Å². The van der Waals surface area contributed by atoms with E-state index < -0.39 is 23.8 Å². The molecule has 7 heteroatoms. The first-order valence-corrected chi connectivity index (χ1v) is 11.7. The largest absolute Gasteiger partial charge is 0.444 e. The maximum absolute atomic E-state index is 12.7. The fourth-order valence-corrected chi connectivity index (χ4v) is 3.86. The van der Waals surface area contributed by atoms with Crippen molar-refractivity contribution in [2.45, 2.75) is 111 Å². The summed E-state index contributed by atoms with van der Waals surface area (Å²) in [4.78, 5) is 49.2. The molecule has 0 aromatic heterocycles. The summed E-state index contributed by atoms with van der Waals surface area (Å²) in [5, 5.41) is 5.71. The highest BCUT2D eigenvalue weighted by Gasteiger charge is 2.29. The molecule has 1 amide bonds. The Labute approximate surface area is 187 Å². The molecule has 2 atom stereocenters. The molecule has 1 aliphatic carbocycles. The molecule has 0 radical (unpaired) electrons. The van der Waals surface area contributed by atoms with Gasteiger partial charge in [0.05, 0.1) is 12.1 Å². The third-order valence-corrected chi connectivity index (χ3v) is 5.60. The van der Waals surface area contributed by atoms with Crippen LogP contribution in [0.4, 0.5) is 4.79 Å². The number of Topliss-reactive ketones (excluding diaryl/α,β-unsaturated/α-hetero) is 3. The Bertz CT molecular complexity index is 618. The van der Waals surface area contributed by atoms with Gasteiger partial charge in [-0.2, -0.15) is 0 Å². The standard InChI is InChI=1S/C24H42N2O5/c1-16(2)21(22(29)20(28)15-18-11-8-7-9-12-18)25-14-10-13-19(27)17(3)26-23(30)31-24(4,5)6/h16-18,21,25H,7-15H2,1-6H3,(H,26,30)/t17-,21+/m1/s1. The van der Waals surface area contributed by atoms with Gasteiger partial charge in [0, 0.05) is 12.8 Å². The Balaban J connectivity index is 2.40. The summed E-state index contributed by atoms with van der Waals surface area (Å²) in [6.07, 6.45) is 6.11. The molecule has 0 aliphatic heterocycles. The van der Waals surface area contributed by atoms with Gasteiger partial charge in [0.25, 0.3) is 0 Å². The summed E-state index contributed by atoms with van der Waals surface area (Å²) >= 11 is 0. The van der Waals surface area contributed by atoms with Crippen LogP contribution >= 0.6 is 0 Å². The first-order chi connectivity index (χ1) is 14.4. The van der Waals surface area contributed by atoms with Crippen LogP contribution in [0, 0.1) is 11.8 Å². The lowest BCUT2D eigenvalue weighted by atomic mass is 9.84. The van der Waals surface area contributed by atoms with Crippen LogP contribution in [0.5, 0.6) is 0 Å². The zero-order valence-corrected chi connectivity index (χ0v) is 20.2. The van der Waals surface area contributed by atoms with E-state index in [-0.39, 0.29) is 29.7 Å². The second-order valence-electron chi connectivity index (χ2n) is 10.1. The van der Waals surface area contributed by atoms with Gasteiger partial charge in [-0.05, 0) is 52.5 Å². The minimum atomic E-state index is -0.644. The van der Waals surface area contributed by atoms with Gasteiger partial charge in [-0.25, -0.2) is 4.79 Å². The Kier molecular flexibility index (Phi) is 11.4. The highest BCUT2D eigenvalue weighted by Crippen LogP contribution is 2.26. The molecule has 1 aliphatic rings. The smallest absolute Gasteiger partial charge is 0.408 e. The van der Waals surface area contributed by atoms with Gasteiger partial charge >= 0.3 is 6.09 Å². The van der Waals surface area contributed by atoms with Crippen LogP contribution in [0.15, 0.2) is 0 Å². The van der Waals surface area contributed by atoms with Gasteiger partial charge in [-0.15, -0.1) is 0 Å². The number of hydrogen-bond donors (Lipinski definition) is 2. The zero-order valence-electron chi connectivity index (χ0n) is 20.2. The van der Waals surface area contributed by atoms with Gasteiger partial charge in [0.2, 0.25) is 5.78 Å².